The van der Waals surface area contributed by atoms with Gasteiger partial charge >= 0.3 is 0 Å². The van der Waals surface area contributed by atoms with Gasteiger partial charge < -0.3 is 10.2 Å². The lowest BCUT2D eigenvalue weighted by Gasteiger charge is -2.36. The van der Waals surface area contributed by atoms with E-state index >= 15 is 0 Å². The van der Waals surface area contributed by atoms with Crippen molar-refractivity contribution in [3.63, 3.8) is 0 Å². The minimum Gasteiger partial charge on any atom is -0.316 e. The lowest BCUT2D eigenvalue weighted by atomic mass is 9.86. The molecule has 0 saturated heterocycles. The van der Waals surface area contributed by atoms with Gasteiger partial charge in [-0.15, -0.1) is 0 Å². The molecular formula is C14H32N2S. The van der Waals surface area contributed by atoms with E-state index in [1.165, 1.54) is 25.1 Å². The first-order chi connectivity index (χ1) is 7.99. The molecule has 104 valence electrons. The van der Waals surface area contributed by atoms with Crippen LogP contribution in [0.2, 0.25) is 0 Å². The molecule has 0 amide bonds. The van der Waals surface area contributed by atoms with E-state index in [2.05, 4.69) is 51.2 Å². The van der Waals surface area contributed by atoms with Crippen LogP contribution in [0, 0.1) is 5.41 Å². The maximum atomic E-state index is 3.50. The fraction of sp³-hybridized carbons (Fsp3) is 1.00. The highest BCUT2D eigenvalue weighted by Crippen LogP contribution is 2.22. The zero-order valence-electron chi connectivity index (χ0n) is 12.7. The van der Waals surface area contributed by atoms with Crippen LogP contribution < -0.4 is 5.32 Å². The molecule has 2 unspecified atom stereocenters. The van der Waals surface area contributed by atoms with Crippen molar-refractivity contribution in [1.29, 1.82) is 0 Å². The summed E-state index contributed by atoms with van der Waals surface area (Å²) in [4.78, 5) is 2.52. The smallest absolute Gasteiger partial charge is 0.00719 e. The number of thioether (sulfide) groups is 1. The molecule has 0 bridgehead atoms. The van der Waals surface area contributed by atoms with Crippen molar-refractivity contribution in [3.8, 4) is 0 Å². The van der Waals surface area contributed by atoms with Gasteiger partial charge in [0.25, 0.3) is 0 Å². The summed E-state index contributed by atoms with van der Waals surface area (Å²) in [7, 11) is 2.27. The Morgan fingerprint density at radius 2 is 2.00 bits per heavy atom. The maximum Gasteiger partial charge on any atom is 0.00719 e. The molecule has 1 N–H and O–H groups in total. The zero-order chi connectivity index (χ0) is 13.3. The van der Waals surface area contributed by atoms with Crippen LogP contribution in [0.4, 0.5) is 0 Å². The minimum atomic E-state index is 0.401. The molecule has 17 heavy (non-hydrogen) atoms. The van der Waals surface area contributed by atoms with Gasteiger partial charge in [0.05, 0.1) is 0 Å². The number of nitrogens with zero attached hydrogens (tertiary/aromatic N) is 1. The lowest BCUT2D eigenvalue weighted by Crippen LogP contribution is -2.43. The second-order valence-corrected chi connectivity index (χ2v) is 6.48. The number of rotatable bonds is 10. The predicted molar refractivity (Wildman–Crippen MR) is 82.0 cm³/mol. The molecule has 0 rings (SSSR count). The van der Waals surface area contributed by atoms with Crippen molar-refractivity contribution >= 4 is 11.8 Å². The number of hydrogen-bond acceptors (Lipinski definition) is 3. The summed E-state index contributed by atoms with van der Waals surface area (Å²) in [5.41, 5.74) is 0.401. The molecule has 3 heteroatoms. The summed E-state index contributed by atoms with van der Waals surface area (Å²) in [6.45, 7) is 12.6. The molecule has 0 aliphatic heterocycles. The molecule has 0 aromatic heterocycles. The Labute approximate surface area is 113 Å². The van der Waals surface area contributed by atoms with Crippen LogP contribution in [0.1, 0.15) is 40.5 Å². The van der Waals surface area contributed by atoms with Crippen LogP contribution >= 0.6 is 11.8 Å². The van der Waals surface area contributed by atoms with Gasteiger partial charge in [0.15, 0.2) is 0 Å². The third-order valence-corrected chi connectivity index (χ3v) is 4.42. The van der Waals surface area contributed by atoms with Gasteiger partial charge in [-0.1, -0.05) is 20.8 Å². The van der Waals surface area contributed by atoms with Crippen LogP contribution in [-0.2, 0) is 0 Å². The van der Waals surface area contributed by atoms with E-state index in [-0.39, 0.29) is 0 Å². The lowest BCUT2D eigenvalue weighted by molar-refractivity contribution is 0.146. The Morgan fingerprint density at radius 1 is 1.35 bits per heavy atom. The van der Waals surface area contributed by atoms with Crippen LogP contribution in [0.5, 0.6) is 0 Å². The molecule has 0 aromatic rings. The van der Waals surface area contributed by atoms with Gasteiger partial charge in [-0.05, 0) is 50.8 Å². The highest BCUT2D eigenvalue weighted by Gasteiger charge is 2.25. The Bertz CT molecular complexity index is 187. The van der Waals surface area contributed by atoms with Crippen LogP contribution in [0.3, 0.4) is 0 Å². The SMILES string of the molecule is CCNCC(C)(CC)CN(C)C(C)CCSC. The number of nitrogens with one attached hydrogen (secondary N) is 1. The maximum absolute atomic E-state index is 3.50. The van der Waals surface area contributed by atoms with Crippen LogP contribution in [0.15, 0.2) is 0 Å². The van der Waals surface area contributed by atoms with Crippen molar-refractivity contribution in [3.05, 3.63) is 0 Å². The first-order valence-electron chi connectivity index (χ1n) is 6.89. The van der Waals surface area contributed by atoms with Crippen LogP contribution in [0.25, 0.3) is 0 Å². The largest absolute Gasteiger partial charge is 0.316 e. The molecule has 0 aliphatic carbocycles. The molecule has 0 saturated carbocycles. The van der Waals surface area contributed by atoms with Crippen molar-refractivity contribution < 1.29 is 0 Å². The van der Waals surface area contributed by atoms with Gasteiger partial charge in [-0.2, -0.15) is 11.8 Å². The van der Waals surface area contributed by atoms with Crippen molar-refractivity contribution in [1.82, 2.24) is 10.2 Å². The quantitative estimate of drug-likeness (QED) is 0.650. The van der Waals surface area contributed by atoms with E-state index in [9.17, 15) is 0 Å². The average Bonchev–Trinajstić information content (AvgIpc) is 2.33. The van der Waals surface area contributed by atoms with E-state index in [0.717, 1.165) is 13.1 Å². The monoisotopic (exact) mass is 260 g/mol. The highest BCUT2D eigenvalue weighted by molar-refractivity contribution is 7.98. The summed E-state index contributed by atoms with van der Waals surface area (Å²) >= 11 is 1.95. The summed E-state index contributed by atoms with van der Waals surface area (Å²) in [6.07, 6.45) is 4.71. The third-order valence-electron chi connectivity index (χ3n) is 3.78. The Morgan fingerprint density at radius 3 is 2.47 bits per heavy atom. The molecule has 0 radical (unpaired) electrons. The fourth-order valence-electron chi connectivity index (χ4n) is 1.99. The van der Waals surface area contributed by atoms with E-state index in [4.69, 9.17) is 0 Å². The molecule has 0 aliphatic rings. The number of hydrogen-bond donors (Lipinski definition) is 1. The van der Waals surface area contributed by atoms with E-state index in [0.29, 0.717) is 11.5 Å². The molecule has 0 aromatic carbocycles. The molecule has 2 nitrogen and oxygen atoms in total. The van der Waals surface area contributed by atoms with Gasteiger partial charge in [-0.3, -0.25) is 0 Å². The average molecular weight is 260 g/mol. The zero-order valence-corrected chi connectivity index (χ0v) is 13.5. The second-order valence-electron chi connectivity index (χ2n) is 5.49. The minimum absolute atomic E-state index is 0.401. The van der Waals surface area contributed by atoms with Gasteiger partial charge in [0, 0.05) is 19.1 Å². The van der Waals surface area contributed by atoms with Crippen molar-refractivity contribution in [2.45, 2.75) is 46.6 Å². The standard InChI is InChI=1S/C14H32N2S/c1-7-14(4,11-15-8-2)12-16(5)13(3)9-10-17-6/h13,15H,7-12H2,1-6H3. The third kappa shape index (κ3) is 7.32. The summed E-state index contributed by atoms with van der Waals surface area (Å²) in [6, 6.07) is 0.690. The summed E-state index contributed by atoms with van der Waals surface area (Å²) in [5.74, 6) is 1.27. The van der Waals surface area contributed by atoms with Gasteiger partial charge in [-0.25, -0.2) is 0 Å². The Hall–Kier alpha value is 0.270. The fourth-order valence-corrected chi connectivity index (χ4v) is 2.56. The normalized spacial score (nSPS) is 17.1. The first kappa shape index (κ1) is 17.3. The van der Waals surface area contributed by atoms with E-state index < -0.39 is 0 Å². The highest BCUT2D eigenvalue weighted by atomic mass is 32.2. The predicted octanol–water partition coefficient (Wildman–Crippen LogP) is 3.09. The summed E-state index contributed by atoms with van der Waals surface area (Å²) in [5, 5.41) is 3.50. The van der Waals surface area contributed by atoms with E-state index in [1.54, 1.807) is 0 Å². The topological polar surface area (TPSA) is 15.3 Å². The van der Waals surface area contributed by atoms with E-state index in [1.807, 2.05) is 11.8 Å². The van der Waals surface area contributed by atoms with Gasteiger partial charge in [0.1, 0.15) is 0 Å². The van der Waals surface area contributed by atoms with Crippen molar-refractivity contribution in [2.24, 2.45) is 5.41 Å². The molecule has 0 spiro atoms. The summed E-state index contributed by atoms with van der Waals surface area (Å²) < 4.78 is 0. The molecule has 0 heterocycles. The molecular weight excluding hydrogens is 228 g/mol. The van der Waals surface area contributed by atoms with Gasteiger partial charge in [0.2, 0.25) is 0 Å². The van der Waals surface area contributed by atoms with Crippen LogP contribution in [-0.4, -0.2) is 49.6 Å². The second kappa shape index (κ2) is 9.23. The Kier molecular flexibility index (Phi) is 9.38. The Balaban J connectivity index is 4.15. The van der Waals surface area contributed by atoms with Crippen molar-refractivity contribution in [2.75, 3.05) is 38.7 Å². The molecule has 0 fully saturated rings. The first-order valence-corrected chi connectivity index (χ1v) is 8.28. The molecule has 2 atom stereocenters.